The number of nitrogens with one attached hydrogen (secondary N) is 2. The van der Waals surface area contributed by atoms with Gasteiger partial charge in [-0.2, -0.15) is 0 Å². The third-order valence-electron chi connectivity index (χ3n) is 4.35. The van der Waals surface area contributed by atoms with Gasteiger partial charge in [0.25, 0.3) is 15.9 Å². The molecular weight excluding hydrogens is 434 g/mol. The van der Waals surface area contributed by atoms with E-state index in [0.717, 1.165) is 4.70 Å². The summed E-state index contributed by atoms with van der Waals surface area (Å²) in [6.07, 6.45) is 0. The van der Waals surface area contributed by atoms with Crippen molar-refractivity contribution in [3.05, 3.63) is 78.4 Å². The largest absolute Gasteiger partial charge is 0.493 e. The Labute approximate surface area is 183 Å². The molecule has 0 aliphatic rings. The Bertz CT molecular complexity index is 1340. The maximum Gasteiger partial charge on any atom is 0.263 e. The molecule has 2 N–H and O–H groups in total. The van der Waals surface area contributed by atoms with Gasteiger partial charge in [-0.3, -0.25) is 9.52 Å². The molecule has 4 aromatic rings. The highest BCUT2D eigenvalue weighted by Crippen LogP contribution is 2.30. The van der Waals surface area contributed by atoms with Gasteiger partial charge in [0.2, 0.25) is 0 Å². The summed E-state index contributed by atoms with van der Waals surface area (Å²) in [5.74, 6) is 0.219. The van der Waals surface area contributed by atoms with Gasteiger partial charge in [0, 0.05) is 5.69 Å². The maximum atomic E-state index is 12.7. The fourth-order valence-electron chi connectivity index (χ4n) is 2.95. The molecule has 31 heavy (non-hydrogen) atoms. The highest BCUT2D eigenvalue weighted by molar-refractivity contribution is 7.93. The van der Waals surface area contributed by atoms with Crippen LogP contribution in [0.5, 0.6) is 5.75 Å². The second-order valence-electron chi connectivity index (χ2n) is 6.50. The van der Waals surface area contributed by atoms with E-state index in [2.05, 4.69) is 15.0 Å². The number of ether oxygens (including phenoxy) is 1. The van der Waals surface area contributed by atoms with E-state index in [9.17, 15) is 13.2 Å². The Balaban J connectivity index is 1.55. The Morgan fingerprint density at radius 3 is 2.55 bits per heavy atom. The number of nitrogens with zero attached hydrogens (tertiary/aromatic N) is 1. The summed E-state index contributed by atoms with van der Waals surface area (Å²) < 4.78 is 33.8. The van der Waals surface area contributed by atoms with E-state index in [4.69, 9.17) is 4.74 Å². The first kappa shape index (κ1) is 20.8. The van der Waals surface area contributed by atoms with Crippen molar-refractivity contribution in [1.82, 2.24) is 4.98 Å². The number of amides is 1. The molecule has 9 heteroatoms. The maximum absolute atomic E-state index is 12.7. The quantitative estimate of drug-likeness (QED) is 0.421. The summed E-state index contributed by atoms with van der Waals surface area (Å²) in [6, 6.07) is 20.3. The topological polar surface area (TPSA) is 97.4 Å². The van der Waals surface area contributed by atoms with Crippen LogP contribution < -0.4 is 14.8 Å². The minimum Gasteiger partial charge on any atom is -0.493 e. The Kier molecular flexibility index (Phi) is 5.88. The lowest BCUT2D eigenvalue weighted by molar-refractivity contribution is 0.102. The molecule has 0 saturated heterocycles. The minimum absolute atomic E-state index is 0.162. The van der Waals surface area contributed by atoms with E-state index in [0.29, 0.717) is 29.1 Å². The first-order valence-electron chi connectivity index (χ1n) is 9.48. The van der Waals surface area contributed by atoms with Crippen molar-refractivity contribution in [2.75, 3.05) is 16.6 Å². The predicted octanol–water partition coefficient (Wildman–Crippen LogP) is 4.75. The highest BCUT2D eigenvalue weighted by atomic mass is 32.2. The zero-order valence-corrected chi connectivity index (χ0v) is 18.2. The summed E-state index contributed by atoms with van der Waals surface area (Å²) in [6.45, 7) is 2.31. The van der Waals surface area contributed by atoms with Crippen LogP contribution in [0.3, 0.4) is 0 Å². The molecule has 1 amide bonds. The van der Waals surface area contributed by atoms with E-state index in [-0.39, 0.29) is 15.9 Å². The van der Waals surface area contributed by atoms with E-state index in [1.807, 2.05) is 13.0 Å². The average Bonchev–Trinajstić information content (AvgIpc) is 3.15. The molecule has 4 rings (SSSR count). The van der Waals surface area contributed by atoms with Crippen LogP contribution in [-0.2, 0) is 10.0 Å². The number of fused-ring (bicyclic) bond motifs is 1. The number of aromatic nitrogens is 1. The van der Waals surface area contributed by atoms with Crippen molar-refractivity contribution in [3.8, 4) is 5.75 Å². The predicted molar refractivity (Wildman–Crippen MR) is 122 cm³/mol. The molecule has 0 aliphatic heterocycles. The number of carbonyl (C=O) groups excluding carboxylic acids is 1. The standard InChI is InChI=1S/C22H19N3O4S2/c1-2-29-19-11-7-6-10-17(19)21(26)23-15-12-13-18-20(14-15)30-22(24-18)25-31(27,28)16-8-4-3-5-9-16/h3-14H,2H2,1H3,(H,23,26)(H,24,25). The Hall–Kier alpha value is -3.43. The van der Waals surface area contributed by atoms with Crippen LogP contribution in [-0.4, -0.2) is 25.9 Å². The normalized spacial score (nSPS) is 11.3. The molecule has 3 aromatic carbocycles. The zero-order valence-electron chi connectivity index (χ0n) is 16.5. The Morgan fingerprint density at radius 2 is 1.77 bits per heavy atom. The van der Waals surface area contributed by atoms with Crippen molar-refractivity contribution in [3.63, 3.8) is 0 Å². The third-order valence-corrected chi connectivity index (χ3v) is 6.77. The van der Waals surface area contributed by atoms with E-state index in [1.165, 1.54) is 23.5 Å². The summed E-state index contributed by atoms with van der Waals surface area (Å²) in [4.78, 5) is 17.2. The number of thiazole rings is 1. The van der Waals surface area contributed by atoms with Crippen molar-refractivity contribution >= 4 is 48.3 Å². The fraction of sp³-hybridized carbons (Fsp3) is 0.0909. The smallest absolute Gasteiger partial charge is 0.263 e. The van der Waals surface area contributed by atoms with Gasteiger partial charge < -0.3 is 10.1 Å². The van der Waals surface area contributed by atoms with Crippen molar-refractivity contribution in [1.29, 1.82) is 0 Å². The number of carbonyl (C=O) groups is 1. The number of sulfonamides is 1. The molecule has 0 radical (unpaired) electrons. The first-order valence-corrected chi connectivity index (χ1v) is 11.8. The van der Waals surface area contributed by atoms with E-state index < -0.39 is 10.0 Å². The van der Waals surface area contributed by atoms with Crippen LogP contribution >= 0.6 is 11.3 Å². The second-order valence-corrected chi connectivity index (χ2v) is 9.22. The molecule has 0 bridgehead atoms. The number of hydrogen-bond acceptors (Lipinski definition) is 6. The van der Waals surface area contributed by atoms with Crippen molar-refractivity contribution in [2.24, 2.45) is 0 Å². The second kappa shape index (κ2) is 8.75. The van der Waals surface area contributed by atoms with Gasteiger partial charge in [0.1, 0.15) is 5.75 Å². The van der Waals surface area contributed by atoms with Crippen LogP contribution in [0.4, 0.5) is 10.8 Å². The molecule has 0 fully saturated rings. The lowest BCUT2D eigenvalue weighted by atomic mass is 10.2. The lowest BCUT2D eigenvalue weighted by Gasteiger charge is -2.10. The molecule has 0 saturated carbocycles. The third kappa shape index (κ3) is 4.68. The molecule has 7 nitrogen and oxygen atoms in total. The van der Waals surface area contributed by atoms with Gasteiger partial charge in [-0.25, -0.2) is 13.4 Å². The number of anilines is 2. The SMILES string of the molecule is CCOc1ccccc1C(=O)Nc1ccc2nc(NS(=O)(=O)c3ccccc3)sc2c1. The van der Waals surface area contributed by atoms with Gasteiger partial charge in [0.15, 0.2) is 5.13 Å². The molecule has 1 heterocycles. The van der Waals surface area contributed by atoms with Crippen LogP contribution in [0.15, 0.2) is 77.7 Å². The average molecular weight is 454 g/mol. The number of hydrogen-bond donors (Lipinski definition) is 2. The van der Waals surface area contributed by atoms with Crippen LogP contribution in [0, 0.1) is 0 Å². The highest BCUT2D eigenvalue weighted by Gasteiger charge is 2.17. The van der Waals surface area contributed by atoms with Crippen LogP contribution in [0.1, 0.15) is 17.3 Å². The molecule has 0 spiro atoms. The molecular formula is C22H19N3O4S2. The monoisotopic (exact) mass is 453 g/mol. The summed E-state index contributed by atoms with van der Waals surface area (Å²) in [5, 5.41) is 3.11. The minimum atomic E-state index is -3.72. The molecule has 158 valence electrons. The first-order chi connectivity index (χ1) is 15.0. The Morgan fingerprint density at radius 1 is 1.03 bits per heavy atom. The van der Waals surface area contributed by atoms with E-state index >= 15 is 0 Å². The summed E-state index contributed by atoms with van der Waals surface area (Å²) >= 11 is 1.19. The number of rotatable bonds is 7. The molecule has 0 atom stereocenters. The van der Waals surface area contributed by atoms with Gasteiger partial charge in [-0.05, 0) is 49.4 Å². The summed E-state index contributed by atoms with van der Waals surface area (Å²) in [7, 11) is -3.72. The fourth-order valence-corrected chi connectivity index (χ4v) is 5.11. The van der Waals surface area contributed by atoms with Gasteiger partial charge in [-0.15, -0.1) is 0 Å². The van der Waals surface area contributed by atoms with Gasteiger partial charge in [0.05, 0.1) is 27.3 Å². The molecule has 1 aromatic heterocycles. The summed E-state index contributed by atoms with van der Waals surface area (Å²) in [5.41, 5.74) is 1.64. The van der Waals surface area contributed by atoms with Gasteiger partial charge in [-0.1, -0.05) is 41.7 Å². The van der Waals surface area contributed by atoms with Crippen LogP contribution in [0.25, 0.3) is 10.2 Å². The van der Waals surface area contributed by atoms with Gasteiger partial charge >= 0.3 is 0 Å². The number of benzene rings is 3. The number of para-hydroxylation sites is 1. The van der Waals surface area contributed by atoms with Crippen LogP contribution in [0.2, 0.25) is 0 Å². The lowest BCUT2D eigenvalue weighted by Crippen LogP contribution is -2.13. The van der Waals surface area contributed by atoms with E-state index in [1.54, 1.807) is 54.6 Å². The molecule has 0 unspecified atom stereocenters. The zero-order chi connectivity index (χ0) is 21.8. The van der Waals surface area contributed by atoms with Crippen molar-refractivity contribution in [2.45, 2.75) is 11.8 Å². The molecule has 0 aliphatic carbocycles. The van der Waals surface area contributed by atoms with Crippen molar-refractivity contribution < 1.29 is 17.9 Å².